The Hall–Kier alpha value is -1.65. The maximum atomic E-state index is 12.1. The highest BCUT2D eigenvalue weighted by molar-refractivity contribution is 5.76. The smallest absolute Gasteiger partial charge is 0.332 e. The second kappa shape index (κ2) is 3.68. The van der Waals surface area contributed by atoms with Gasteiger partial charge in [0.1, 0.15) is 11.6 Å². The molecule has 2 unspecified atom stereocenters. The van der Waals surface area contributed by atoms with Gasteiger partial charge in [0.15, 0.2) is 0 Å². The highest BCUT2D eigenvalue weighted by atomic mass is 16.2. The van der Waals surface area contributed by atoms with Crippen molar-refractivity contribution in [3.8, 4) is 0 Å². The van der Waals surface area contributed by atoms with Gasteiger partial charge in [0.2, 0.25) is 0 Å². The van der Waals surface area contributed by atoms with E-state index in [1.165, 1.54) is 5.01 Å². The molecule has 0 saturated carbocycles. The van der Waals surface area contributed by atoms with Gasteiger partial charge >= 0.3 is 6.03 Å². The minimum Gasteiger partial charge on any atom is -0.332 e. The molecule has 0 saturated heterocycles. The van der Waals surface area contributed by atoms with Gasteiger partial charge in [0, 0.05) is 5.54 Å². The molecule has 0 aromatic heterocycles. The van der Waals surface area contributed by atoms with E-state index in [-0.39, 0.29) is 17.6 Å². The largest absolute Gasteiger partial charge is 0.340 e. The van der Waals surface area contributed by atoms with E-state index in [9.17, 15) is 4.79 Å². The summed E-state index contributed by atoms with van der Waals surface area (Å²) in [5.74, 6) is 0. The maximum absolute atomic E-state index is 12.1. The summed E-state index contributed by atoms with van der Waals surface area (Å²) in [7, 11) is 0. The van der Waals surface area contributed by atoms with Crippen LogP contribution >= 0.6 is 0 Å². The van der Waals surface area contributed by atoms with Crippen LogP contribution in [0.15, 0.2) is 34.6 Å². The Morgan fingerprint density at radius 3 is 2.76 bits per heavy atom. The summed E-state index contributed by atoms with van der Waals surface area (Å²) in [5, 5.41) is 12.4. The first-order valence-electron chi connectivity index (χ1n) is 5.72. The van der Waals surface area contributed by atoms with E-state index < -0.39 is 5.54 Å². The highest BCUT2D eigenvalue weighted by Gasteiger charge is 2.46. The Labute approximate surface area is 101 Å². The number of fused-ring (bicyclic) bond motifs is 1. The van der Waals surface area contributed by atoms with E-state index >= 15 is 0 Å². The van der Waals surface area contributed by atoms with Gasteiger partial charge in [-0.25, -0.2) is 4.79 Å². The van der Waals surface area contributed by atoms with Crippen LogP contribution in [0.25, 0.3) is 0 Å². The zero-order valence-corrected chi connectivity index (χ0v) is 10.6. The third kappa shape index (κ3) is 2.09. The monoisotopic (exact) mass is 234 g/mol. The van der Waals surface area contributed by atoms with E-state index in [1.807, 2.05) is 52.0 Å². The second-order valence-electron chi connectivity index (χ2n) is 5.61. The van der Waals surface area contributed by atoms with Crippen molar-refractivity contribution >= 4 is 6.03 Å². The molecule has 0 aromatic carbocycles. The average molecular weight is 234 g/mol. The van der Waals surface area contributed by atoms with Gasteiger partial charge in [-0.1, -0.05) is 29.5 Å². The minimum atomic E-state index is -0.482. The lowest BCUT2D eigenvalue weighted by molar-refractivity contribution is 0.157. The number of hydrogen-bond donors (Lipinski definition) is 1. The molecule has 0 radical (unpaired) electrons. The average Bonchev–Trinajstić information content (AvgIpc) is 2.52. The predicted octanol–water partition coefficient (Wildman–Crippen LogP) is 2.43. The minimum absolute atomic E-state index is 0.0850. The van der Waals surface area contributed by atoms with E-state index in [4.69, 9.17) is 0 Å². The predicted molar refractivity (Wildman–Crippen MR) is 65.5 cm³/mol. The molecule has 2 aliphatic rings. The van der Waals surface area contributed by atoms with Gasteiger partial charge in [0.05, 0.1) is 0 Å². The van der Waals surface area contributed by atoms with Crippen LogP contribution < -0.4 is 5.32 Å². The number of nitrogens with zero attached hydrogens (tertiary/aromatic N) is 3. The molecule has 0 spiro atoms. The topological polar surface area (TPSA) is 57.1 Å². The Morgan fingerprint density at radius 2 is 2.12 bits per heavy atom. The first-order valence-corrected chi connectivity index (χ1v) is 5.72. The molecule has 0 bridgehead atoms. The van der Waals surface area contributed by atoms with E-state index in [0.29, 0.717) is 0 Å². The van der Waals surface area contributed by atoms with Gasteiger partial charge in [-0.3, -0.25) is 0 Å². The van der Waals surface area contributed by atoms with E-state index in [2.05, 4.69) is 15.7 Å². The first-order chi connectivity index (χ1) is 7.83. The van der Waals surface area contributed by atoms with Gasteiger partial charge in [-0.2, -0.15) is 10.1 Å². The fourth-order valence-corrected chi connectivity index (χ4v) is 1.90. The van der Waals surface area contributed by atoms with Crippen LogP contribution in [0.4, 0.5) is 4.79 Å². The van der Waals surface area contributed by atoms with Crippen molar-refractivity contribution in [3.63, 3.8) is 0 Å². The Bertz CT molecular complexity index is 419. The summed E-state index contributed by atoms with van der Waals surface area (Å²) >= 11 is 0. The van der Waals surface area contributed by atoms with Crippen LogP contribution in [0.1, 0.15) is 27.7 Å². The molecule has 0 fully saturated rings. The summed E-state index contributed by atoms with van der Waals surface area (Å²) < 4.78 is 0. The quantitative estimate of drug-likeness (QED) is 0.687. The number of amides is 2. The van der Waals surface area contributed by atoms with Crippen molar-refractivity contribution in [1.29, 1.82) is 0 Å². The van der Waals surface area contributed by atoms with Gasteiger partial charge in [-0.05, 0) is 27.7 Å². The lowest BCUT2D eigenvalue weighted by Gasteiger charge is -2.34. The van der Waals surface area contributed by atoms with Crippen LogP contribution in [0, 0.1) is 0 Å². The van der Waals surface area contributed by atoms with Crippen LogP contribution in [0.3, 0.4) is 0 Å². The normalized spacial score (nSPS) is 30.6. The van der Waals surface area contributed by atoms with Crippen molar-refractivity contribution in [2.75, 3.05) is 0 Å². The Kier molecular flexibility index (Phi) is 2.56. The number of carbonyl (C=O) groups is 1. The van der Waals surface area contributed by atoms with Crippen molar-refractivity contribution < 1.29 is 4.79 Å². The molecule has 5 nitrogen and oxygen atoms in total. The highest BCUT2D eigenvalue weighted by Crippen LogP contribution is 2.33. The van der Waals surface area contributed by atoms with Crippen molar-refractivity contribution in [2.24, 2.45) is 10.3 Å². The number of rotatable bonds is 0. The molecule has 92 valence electrons. The number of allylic oxidation sites excluding steroid dienone is 2. The number of carbonyl (C=O) groups excluding carboxylic acids is 1. The molecule has 17 heavy (non-hydrogen) atoms. The molecule has 1 heterocycles. The van der Waals surface area contributed by atoms with Crippen molar-refractivity contribution in [3.05, 3.63) is 24.3 Å². The molecule has 0 aromatic rings. The van der Waals surface area contributed by atoms with Gasteiger partial charge in [-0.15, -0.1) is 0 Å². The second-order valence-corrected chi connectivity index (χ2v) is 5.61. The molecular weight excluding hydrogens is 216 g/mol. The SMILES string of the molecule is CC(C)(C)NC(=O)N1N=NC2C=CC=CC21C. The zero-order valence-electron chi connectivity index (χ0n) is 10.6. The zero-order chi connectivity index (χ0) is 12.7. The summed E-state index contributed by atoms with van der Waals surface area (Å²) in [6.45, 7) is 7.78. The third-order valence-corrected chi connectivity index (χ3v) is 2.83. The first kappa shape index (κ1) is 11.8. The number of hydrogen-bond acceptors (Lipinski definition) is 3. The number of nitrogens with one attached hydrogen (secondary N) is 1. The van der Waals surface area contributed by atoms with Crippen LogP contribution in [-0.4, -0.2) is 28.2 Å². The molecule has 2 amide bonds. The summed E-state index contributed by atoms with van der Waals surface area (Å²) in [6, 6.07) is -0.301. The Morgan fingerprint density at radius 1 is 1.41 bits per heavy atom. The van der Waals surface area contributed by atoms with Crippen LogP contribution in [0.2, 0.25) is 0 Å². The lowest BCUT2D eigenvalue weighted by atomic mass is 9.89. The van der Waals surface area contributed by atoms with Gasteiger partial charge in [0.25, 0.3) is 0 Å². The van der Waals surface area contributed by atoms with E-state index in [1.54, 1.807) is 0 Å². The van der Waals surface area contributed by atoms with Crippen LogP contribution in [-0.2, 0) is 0 Å². The maximum Gasteiger partial charge on any atom is 0.340 e. The van der Waals surface area contributed by atoms with Gasteiger partial charge < -0.3 is 5.32 Å². The van der Waals surface area contributed by atoms with Crippen LogP contribution in [0.5, 0.6) is 0 Å². The molecule has 2 atom stereocenters. The summed E-state index contributed by atoms with van der Waals surface area (Å²) in [5.41, 5.74) is -0.765. The summed E-state index contributed by atoms with van der Waals surface area (Å²) in [4.78, 5) is 12.1. The molecule has 2 rings (SSSR count). The lowest BCUT2D eigenvalue weighted by Crippen LogP contribution is -2.55. The molecular formula is C12H18N4O. The summed E-state index contributed by atoms with van der Waals surface area (Å²) in [6.07, 6.45) is 7.76. The third-order valence-electron chi connectivity index (χ3n) is 2.83. The standard InChI is InChI=1S/C12H18N4O/c1-11(2,3)13-10(17)16-12(4)8-6-5-7-9(12)14-15-16/h5-9H,1-4H3,(H,13,17). The van der Waals surface area contributed by atoms with Crippen molar-refractivity contribution in [1.82, 2.24) is 10.3 Å². The van der Waals surface area contributed by atoms with E-state index in [0.717, 1.165) is 0 Å². The molecule has 5 heteroatoms. The molecule has 1 aliphatic heterocycles. The van der Waals surface area contributed by atoms with Crippen molar-refractivity contribution in [2.45, 2.75) is 44.8 Å². The number of urea groups is 1. The fourth-order valence-electron chi connectivity index (χ4n) is 1.90. The fraction of sp³-hybridized carbons (Fsp3) is 0.583. The Balaban J connectivity index is 2.18. The molecule has 1 N–H and O–H groups in total. The molecule has 1 aliphatic carbocycles.